The smallest absolute Gasteiger partial charge is 0.253 e. The van der Waals surface area contributed by atoms with Gasteiger partial charge < -0.3 is 10.0 Å². The first-order valence-corrected chi connectivity index (χ1v) is 10.7. The number of carbonyl (C=O) groups is 1. The van der Waals surface area contributed by atoms with Gasteiger partial charge in [-0.05, 0) is 30.5 Å². The van der Waals surface area contributed by atoms with Crippen molar-refractivity contribution < 1.29 is 9.90 Å². The van der Waals surface area contributed by atoms with Gasteiger partial charge in [0.05, 0.1) is 11.6 Å². The number of β-amino-alcohol motifs (C(OH)–C–C–N with tert-alkyl or cyclic N) is 1. The molecule has 1 amide bonds. The van der Waals surface area contributed by atoms with E-state index in [0.717, 1.165) is 57.7 Å². The highest BCUT2D eigenvalue weighted by molar-refractivity contribution is 5.95. The van der Waals surface area contributed by atoms with Gasteiger partial charge >= 0.3 is 0 Å². The second kappa shape index (κ2) is 7.56. The molecule has 2 unspecified atom stereocenters. The monoisotopic (exact) mass is 391 g/mol. The first kappa shape index (κ1) is 18.8. The quantitative estimate of drug-likeness (QED) is 0.865. The second-order valence-electron chi connectivity index (χ2n) is 8.92. The Morgan fingerprint density at radius 3 is 2.38 bits per heavy atom. The number of nitrogens with zero attached hydrogens (tertiary/aromatic N) is 3. The number of hydrogen-bond donors (Lipinski definition) is 1. The van der Waals surface area contributed by atoms with Crippen LogP contribution in [0.3, 0.4) is 0 Å². The van der Waals surface area contributed by atoms with Gasteiger partial charge in [-0.25, -0.2) is 0 Å². The number of aliphatic hydroxyl groups excluding tert-OH is 1. The lowest BCUT2D eigenvalue weighted by molar-refractivity contribution is -0.0995. The molecule has 152 valence electrons. The zero-order chi connectivity index (χ0) is 19.8. The Labute approximate surface area is 172 Å². The molecule has 0 saturated carbocycles. The van der Waals surface area contributed by atoms with Crippen LogP contribution >= 0.6 is 0 Å². The minimum absolute atomic E-state index is 0.0124. The van der Waals surface area contributed by atoms with E-state index in [4.69, 9.17) is 0 Å². The summed E-state index contributed by atoms with van der Waals surface area (Å²) in [5.41, 5.74) is 2.11. The Morgan fingerprint density at radius 1 is 0.966 bits per heavy atom. The van der Waals surface area contributed by atoms with E-state index < -0.39 is 0 Å². The molecule has 5 heteroatoms. The highest BCUT2D eigenvalue weighted by atomic mass is 16.3. The third-order valence-electron chi connectivity index (χ3n) is 6.83. The van der Waals surface area contributed by atoms with Crippen molar-refractivity contribution in [1.29, 1.82) is 0 Å². The standard InChI is InChI=1S/C24H29N3O2/c28-22-13-21-14-25(12-11-19-7-3-1-4-8-19)16-24(27(21)15-22)17-26(18-24)23(29)20-9-5-2-6-10-20/h1-10,21-22,28H,11-18H2. The highest BCUT2D eigenvalue weighted by Gasteiger charge is 2.56. The largest absolute Gasteiger partial charge is 0.392 e. The highest BCUT2D eigenvalue weighted by Crippen LogP contribution is 2.39. The number of likely N-dealkylation sites (tertiary alicyclic amines) is 1. The van der Waals surface area contributed by atoms with Gasteiger partial charge in [0, 0.05) is 50.9 Å². The van der Waals surface area contributed by atoms with Crippen molar-refractivity contribution in [3.63, 3.8) is 0 Å². The molecule has 0 radical (unpaired) electrons. The van der Waals surface area contributed by atoms with E-state index in [-0.39, 0.29) is 17.6 Å². The van der Waals surface area contributed by atoms with Crippen LogP contribution in [0.5, 0.6) is 0 Å². The summed E-state index contributed by atoms with van der Waals surface area (Å²) in [5, 5.41) is 10.3. The molecule has 29 heavy (non-hydrogen) atoms. The van der Waals surface area contributed by atoms with Crippen LogP contribution < -0.4 is 0 Å². The van der Waals surface area contributed by atoms with Gasteiger partial charge in [-0.15, -0.1) is 0 Å². The van der Waals surface area contributed by atoms with Crippen LogP contribution in [0.25, 0.3) is 0 Å². The van der Waals surface area contributed by atoms with E-state index in [1.807, 2.05) is 35.2 Å². The van der Waals surface area contributed by atoms with Gasteiger partial charge in [0.1, 0.15) is 0 Å². The fraction of sp³-hybridized carbons (Fsp3) is 0.458. The number of piperazine rings is 1. The van der Waals surface area contributed by atoms with Crippen molar-refractivity contribution in [2.45, 2.75) is 30.5 Å². The number of carbonyl (C=O) groups excluding carboxylic acids is 1. The summed E-state index contributed by atoms with van der Waals surface area (Å²) in [5.74, 6) is 0.119. The molecule has 2 aromatic carbocycles. The molecule has 5 nitrogen and oxygen atoms in total. The number of aliphatic hydroxyl groups is 1. The third-order valence-corrected chi connectivity index (χ3v) is 6.83. The lowest BCUT2D eigenvalue weighted by atomic mass is 9.83. The minimum atomic E-state index is -0.246. The molecule has 1 N–H and O–H groups in total. The molecular formula is C24H29N3O2. The van der Waals surface area contributed by atoms with Gasteiger partial charge in [-0.1, -0.05) is 48.5 Å². The zero-order valence-electron chi connectivity index (χ0n) is 16.8. The van der Waals surface area contributed by atoms with Crippen LogP contribution in [0, 0.1) is 0 Å². The Morgan fingerprint density at radius 2 is 1.66 bits per heavy atom. The predicted octanol–water partition coefficient (Wildman–Crippen LogP) is 1.87. The fourth-order valence-corrected chi connectivity index (χ4v) is 5.47. The summed E-state index contributed by atoms with van der Waals surface area (Å²) in [6.07, 6.45) is 1.64. The van der Waals surface area contributed by atoms with Crippen LogP contribution in [0.2, 0.25) is 0 Å². The van der Waals surface area contributed by atoms with E-state index in [1.165, 1.54) is 5.56 Å². The predicted molar refractivity (Wildman–Crippen MR) is 113 cm³/mol. The number of hydrogen-bond acceptors (Lipinski definition) is 4. The maximum atomic E-state index is 12.8. The maximum absolute atomic E-state index is 12.8. The van der Waals surface area contributed by atoms with Gasteiger partial charge in [0.25, 0.3) is 5.91 Å². The zero-order valence-corrected chi connectivity index (χ0v) is 16.8. The lowest BCUT2D eigenvalue weighted by Crippen LogP contribution is -2.78. The first-order valence-electron chi connectivity index (χ1n) is 10.7. The maximum Gasteiger partial charge on any atom is 0.253 e. The summed E-state index contributed by atoms with van der Waals surface area (Å²) in [7, 11) is 0. The number of fused-ring (bicyclic) bond motifs is 2. The van der Waals surface area contributed by atoms with E-state index in [2.05, 4.69) is 40.1 Å². The van der Waals surface area contributed by atoms with E-state index in [1.54, 1.807) is 0 Å². The SMILES string of the molecule is O=C(c1ccccc1)N1CC2(CN(CCc3ccccc3)CC3CC(O)CN32)C1. The molecule has 5 rings (SSSR count). The molecule has 3 aliphatic heterocycles. The molecule has 2 aromatic rings. The van der Waals surface area contributed by atoms with Gasteiger partial charge in [-0.3, -0.25) is 14.6 Å². The Kier molecular flexibility index (Phi) is 4.90. The van der Waals surface area contributed by atoms with E-state index in [9.17, 15) is 9.90 Å². The molecule has 3 aliphatic rings. The Hall–Kier alpha value is -2.21. The normalized spacial score (nSPS) is 26.3. The summed E-state index contributed by atoms with van der Waals surface area (Å²) in [4.78, 5) is 19.9. The van der Waals surface area contributed by atoms with E-state index in [0.29, 0.717) is 6.04 Å². The summed E-state index contributed by atoms with van der Waals surface area (Å²) < 4.78 is 0. The molecule has 0 bridgehead atoms. The van der Waals surface area contributed by atoms with Crippen molar-refractivity contribution in [3.05, 3.63) is 71.8 Å². The lowest BCUT2D eigenvalue weighted by Gasteiger charge is -2.61. The molecule has 1 spiro atoms. The average molecular weight is 392 g/mol. The molecule has 0 aliphatic carbocycles. The van der Waals surface area contributed by atoms with Crippen LogP contribution in [0.15, 0.2) is 60.7 Å². The van der Waals surface area contributed by atoms with Crippen LogP contribution in [-0.2, 0) is 6.42 Å². The molecule has 3 saturated heterocycles. The van der Waals surface area contributed by atoms with Crippen molar-refractivity contribution in [3.8, 4) is 0 Å². The molecule has 0 aromatic heterocycles. The van der Waals surface area contributed by atoms with Crippen LogP contribution in [0.4, 0.5) is 0 Å². The summed E-state index contributed by atoms with van der Waals surface area (Å²) in [6.45, 7) is 5.26. The van der Waals surface area contributed by atoms with Crippen LogP contribution in [-0.4, -0.2) is 82.7 Å². The van der Waals surface area contributed by atoms with Crippen molar-refractivity contribution in [1.82, 2.24) is 14.7 Å². The van der Waals surface area contributed by atoms with Crippen molar-refractivity contribution in [2.75, 3.05) is 39.3 Å². The first-order chi connectivity index (χ1) is 14.1. The molecule has 3 fully saturated rings. The summed E-state index contributed by atoms with van der Waals surface area (Å²) in [6, 6.07) is 20.6. The molecule has 3 heterocycles. The Balaban J connectivity index is 1.28. The van der Waals surface area contributed by atoms with Crippen molar-refractivity contribution >= 4 is 5.91 Å². The number of amides is 1. The average Bonchev–Trinajstić information content (AvgIpc) is 3.11. The second-order valence-corrected chi connectivity index (χ2v) is 8.92. The number of rotatable bonds is 4. The number of benzene rings is 2. The fourth-order valence-electron chi connectivity index (χ4n) is 5.47. The third kappa shape index (κ3) is 3.59. The van der Waals surface area contributed by atoms with E-state index >= 15 is 0 Å². The van der Waals surface area contributed by atoms with Gasteiger partial charge in [0.15, 0.2) is 0 Å². The van der Waals surface area contributed by atoms with Gasteiger partial charge in [-0.2, -0.15) is 0 Å². The van der Waals surface area contributed by atoms with Crippen molar-refractivity contribution in [2.24, 2.45) is 0 Å². The topological polar surface area (TPSA) is 47.0 Å². The summed E-state index contributed by atoms with van der Waals surface area (Å²) >= 11 is 0. The molecule has 2 atom stereocenters. The minimum Gasteiger partial charge on any atom is -0.392 e. The van der Waals surface area contributed by atoms with Crippen LogP contribution in [0.1, 0.15) is 22.3 Å². The Bertz CT molecular complexity index is 851. The molecular weight excluding hydrogens is 362 g/mol. The van der Waals surface area contributed by atoms with Gasteiger partial charge in [0.2, 0.25) is 0 Å².